The Hall–Kier alpha value is -3.35. The number of ether oxygens (including phenoxy) is 1. The first-order valence-corrected chi connectivity index (χ1v) is 12.0. The van der Waals surface area contributed by atoms with Crippen molar-refractivity contribution >= 4 is 18.0 Å². The fourth-order valence-corrected chi connectivity index (χ4v) is 5.22. The number of hydrogen-bond acceptors (Lipinski definition) is 4. The number of fused-ring (bicyclic) bond motifs is 3. The Morgan fingerprint density at radius 1 is 1.09 bits per heavy atom. The molecule has 7 heteroatoms. The van der Waals surface area contributed by atoms with Crippen molar-refractivity contribution < 1.29 is 24.2 Å². The fourth-order valence-electron chi connectivity index (χ4n) is 5.22. The summed E-state index contributed by atoms with van der Waals surface area (Å²) in [6.07, 6.45) is 1.42. The summed E-state index contributed by atoms with van der Waals surface area (Å²) in [5.41, 5.74) is 3.64. The molecule has 0 saturated carbocycles. The molecule has 7 nitrogen and oxygen atoms in total. The lowest BCUT2D eigenvalue weighted by atomic mass is 9.84. The van der Waals surface area contributed by atoms with Gasteiger partial charge >= 0.3 is 12.1 Å². The Labute approximate surface area is 200 Å². The summed E-state index contributed by atoms with van der Waals surface area (Å²) >= 11 is 0. The second-order valence-corrected chi connectivity index (χ2v) is 9.26. The molecular formula is C27H32N2O5. The van der Waals surface area contributed by atoms with Crippen LogP contribution in [0, 0.1) is 5.41 Å². The maximum absolute atomic E-state index is 13.1. The average Bonchev–Trinajstić information content (AvgIpc) is 3.43. The number of carbonyl (C=O) groups is 3. The van der Waals surface area contributed by atoms with E-state index in [1.165, 1.54) is 0 Å². The van der Waals surface area contributed by atoms with Crippen molar-refractivity contribution in [1.82, 2.24) is 10.2 Å². The van der Waals surface area contributed by atoms with Gasteiger partial charge in [0.1, 0.15) is 12.6 Å². The molecule has 2 aromatic carbocycles. The molecule has 180 valence electrons. The minimum Gasteiger partial charge on any atom is -0.481 e. The van der Waals surface area contributed by atoms with Gasteiger partial charge in [-0.3, -0.25) is 9.59 Å². The monoisotopic (exact) mass is 464 g/mol. The van der Waals surface area contributed by atoms with E-state index in [4.69, 9.17) is 4.74 Å². The molecule has 0 bridgehead atoms. The lowest BCUT2D eigenvalue weighted by Gasteiger charge is -2.26. The molecular weight excluding hydrogens is 432 g/mol. The van der Waals surface area contributed by atoms with Crippen LogP contribution in [0.4, 0.5) is 4.79 Å². The summed E-state index contributed by atoms with van der Waals surface area (Å²) in [7, 11) is 0. The van der Waals surface area contributed by atoms with Gasteiger partial charge < -0.3 is 20.1 Å². The van der Waals surface area contributed by atoms with Crippen LogP contribution in [0.3, 0.4) is 0 Å². The summed E-state index contributed by atoms with van der Waals surface area (Å²) in [6, 6.07) is 15.5. The van der Waals surface area contributed by atoms with Gasteiger partial charge in [0.25, 0.3) is 0 Å². The molecule has 2 amide bonds. The second kappa shape index (κ2) is 9.87. The molecule has 1 aliphatic carbocycles. The van der Waals surface area contributed by atoms with Crippen LogP contribution < -0.4 is 5.32 Å². The SMILES string of the molecule is CCC[C@H](NC(=O)OCC1c2ccccc2-c2ccccc21)C(=O)N1CCC(CC)(C(=O)O)C1. The predicted molar refractivity (Wildman–Crippen MR) is 128 cm³/mol. The van der Waals surface area contributed by atoms with Crippen molar-refractivity contribution in [2.24, 2.45) is 5.41 Å². The first kappa shape index (κ1) is 23.8. The molecule has 0 spiro atoms. The first-order valence-electron chi connectivity index (χ1n) is 12.0. The number of nitrogens with one attached hydrogen (secondary N) is 1. The fraction of sp³-hybridized carbons (Fsp3) is 0.444. The molecule has 1 heterocycles. The number of likely N-dealkylation sites (tertiary alicyclic amines) is 1. The topological polar surface area (TPSA) is 95.9 Å². The van der Waals surface area contributed by atoms with Gasteiger partial charge in [0.05, 0.1) is 5.41 Å². The van der Waals surface area contributed by atoms with Crippen molar-refractivity contribution in [2.75, 3.05) is 19.7 Å². The minimum absolute atomic E-state index is 0.0576. The predicted octanol–water partition coefficient (Wildman–Crippen LogP) is 4.41. The molecule has 2 aromatic rings. The summed E-state index contributed by atoms with van der Waals surface area (Å²) in [5.74, 6) is -1.17. The smallest absolute Gasteiger partial charge is 0.407 e. The highest BCUT2D eigenvalue weighted by Gasteiger charge is 2.45. The third kappa shape index (κ3) is 4.39. The Bertz CT molecular complexity index is 1040. The van der Waals surface area contributed by atoms with E-state index >= 15 is 0 Å². The molecule has 2 aliphatic rings. The van der Waals surface area contributed by atoms with E-state index in [2.05, 4.69) is 29.6 Å². The molecule has 1 aliphatic heterocycles. The van der Waals surface area contributed by atoms with Crippen molar-refractivity contribution in [1.29, 1.82) is 0 Å². The third-order valence-corrected chi connectivity index (χ3v) is 7.31. The average molecular weight is 465 g/mol. The highest BCUT2D eigenvalue weighted by atomic mass is 16.5. The van der Waals surface area contributed by atoms with E-state index in [0.29, 0.717) is 32.2 Å². The van der Waals surface area contributed by atoms with E-state index in [-0.39, 0.29) is 25.0 Å². The van der Waals surface area contributed by atoms with Crippen LogP contribution in [-0.4, -0.2) is 53.7 Å². The number of benzene rings is 2. The van der Waals surface area contributed by atoms with Crippen LogP contribution in [0.1, 0.15) is 56.6 Å². The van der Waals surface area contributed by atoms with Crippen LogP contribution in [0.5, 0.6) is 0 Å². The van der Waals surface area contributed by atoms with Gasteiger partial charge in [-0.1, -0.05) is 68.8 Å². The maximum atomic E-state index is 13.1. The zero-order valence-electron chi connectivity index (χ0n) is 19.8. The quantitative estimate of drug-likeness (QED) is 0.603. The van der Waals surface area contributed by atoms with Crippen molar-refractivity contribution in [2.45, 2.75) is 51.5 Å². The molecule has 34 heavy (non-hydrogen) atoms. The van der Waals surface area contributed by atoms with Crippen LogP contribution >= 0.6 is 0 Å². The molecule has 1 fully saturated rings. The summed E-state index contributed by atoms with van der Waals surface area (Å²) in [6.45, 7) is 4.50. The number of rotatable bonds is 8. The minimum atomic E-state index is -0.907. The van der Waals surface area contributed by atoms with Crippen LogP contribution in [-0.2, 0) is 14.3 Å². The molecule has 2 N–H and O–H groups in total. The van der Waals surface area contributed by atoms with Gasteiger partial charge in [0.15, 0.2) is 0 Å². The standard InChI is InChI=1S/C27H32N2O5/c1-3-9-23(24(30)29-15-14-27(4-2,17-29)25(31)32)28-26(33)34-16-22-20-12-7-5-10-18(20)19-11-6-8-13-21(19)22/h5-8,10-13,22-23H,3-4,9,14-17H2,1-2H3,(H,28,33)(H,31,32)/t23-,27?/m0/s1. The summed E-state index contributed by atoms with van der Waals surface area (Å²) in [4.78, 5) is 39.2. The molecule has 2 atom stereocenters. The second-order valence-electron chi connectivity index (χ2n) is 9.26. The normalized spacial score (nSPS) is 19.9. The van der Waals surface area contributed by atoms with Crippen molar-refractivity contribution in [3.8, 4) is 11.1 Å². The van der Waals surface area contributed by atoms with Crippen LogP contribution in [0.25, 0.3) is 11.1 Å². The molecule has 0 radical (unpaired) electrons. The molecule has 4 rings (SSSR count). The zero-order chi connectivity index (χ0) is 24.3. The van der Waals surface area contributed by atoms with Gasteiger partial charge in [-0.15, -0.1) is 0 Å². The third-order valence-electron chi connectivity index (χ3n) is 7.31. The molecule has 1 saturated heterocycles. The van der Waals surface area contributed by atoms with Crippen LogP contribution in [0.15, 0.2) is 48.5 Å². The van der Waals surface area contributed by atoms with Crippen molar-refractivity contribution in [3.05, 3.63) is 59.7 Å². The number of hydrogen-bond donors (Lipinski definition) is 2. The van der Waals surface area contributed by atoms with Gasteiger partial charge in [-0.05, 0) is 41.5 Å². The van der Waals surface area contributed by atoms with E-state index in [1.54, 1.807) is 4.90 Å². The number of carboxylic acids is 1. The number of aliphatic carboxylic acids is 1. The number of carboxylic acid groups (broad SMARTS) is 1. The Kier molecular flexibility index (Phi) is 6.91. The van der Waals surface area contributed by atoms with Crippen molar-refractivity contribution in [3.63, 3.8) is 0 Å². The number of alkyl carbamates (subject to hydrolysis) is 1. The van der Waals surface area contributed by atoms with Crippen LogP contribution in [0.2, 0.25) is 0 Å². The van der Waals surface area contributed by atoms with E-state index < -0.39 is 23.5 Å². The van der Waals surface area contributed by atoms with Gasteiger partial charge in [0.2, 0.25) is 5.91 Å². The van der Waals surface area contributed by atoms with E-state index in [1.807, 2.05) is 38.1 Å². The summed E-state index contributed by atoms with van der Waals surface area (Å²) < 4.78 is 5.61. The van der Waals surface area contributed by atoms with E-state index in [9.17, 15) is 19.5 Å². The first-order chi connectivity index (χ1) is 16.4. The van der Waals surface area contributed by atoms with Gasteiger partial charge in [-0.2, -0.15) is 0 Å². The highest BCUT2D eigenvalue weighted by molar-refractivity contribution is 5.87. The number of amides is 2. The summed E-state index contributed by atoms with van der Waals surface area (Å²) in [5, 5.41) is 12.4. The Morgan fingerprint density at radius 2 is 1.71 bits per heavy atom. The highest BCUT2D eigenvalue weighted by Crippen LogP contribution is 2.44. The van der Waals surface area contributed by atoms with E-state index in [0.717, 1.165) is 22.3 Å². The largest absolute Gasteiger partial charge is 0.481 e. The van der Waals surface area contributed by atoms with Gasteiger partial charge in [-0.25, -0.2) is 4.79 Å². The molecule has 0 aromatic heterocycles. The number of nitrogens with zero attached hydrogens (tertiary/aromatic N) is 1. The maximum Gasteiger partial charge on any atom is 0.407 e. The van der Waals surface area contributed by atoms with Gasteiger partial charge in [0, 0.05) is 19.0 Å². The lowest BCUT2D eigenvalue weighted by molar-refractivity contribution is -0.148. The Balaban J connectivity index is 1.40. The number of carbonyl (C=O) groups excluding carboxylic acids is 2. The zero-order valence-corrected chi connectivity index (χ0v) is 19.8. The lowest BCUT2D eigenvalue weighted by Crippen LogP contribution is -2.49. The molecule has 1 unspecified atom stereocenters. The Morgan fingerprint density at radius 3 is 2.24 bits per heavy atom.